The van der Waals surface area contributed by atoms with Gasteiger partial charge in [-0.1, -0.05) is 24.3 Å². The Morgan fingerprint density at radius 1 is 1.06 bits per heavy atom. The van der Waals surface area contributed by atoms with Gasteiger partial charge in [0, 0.05) is 22.5 Å². The number of benzene rings is 1. The fourth-order valence-corrected chi connectivity index (χ4v) is 6.85. The van der Waals surface area contributed by atoms with Crippen LogP contribution in [-0.4, -0.2) is 67.2 Å². The number of piperidine rings is 1. The van der Waals surface area contributed by atoms with Gasteiger partial charge in [0.15, 0.2) is 9.84 Å². The van der Waals surface area contributed by atoms with E-state index in [0.717, 1.165) is 10.6 Å². The van der Waals surface area contributed by atoms with E-state index in [0.29, 0.717) is 38.9 Å². The number of amides is 2. The third kappa shape index (κ3) is 5.96. The summed E-state index contributed by atoms with van der Waals surface area (Å²) < 4.78 is 24.0. The third-order valence-corrected chi connectivity index (χ3v) is 8.85. The zero-order chi connectivity index (χ0) is 22.6. The highest BCUT2D eigenvalue weighted by Gasteiger charge is 2.36. The molecule has 4 rings (SSSR count). The number of nitrogens with zero attached hydrogens (tertiary/aromatic N) is 2. The molecule has 0 aliphatic carbocycles. The van der Waals surface area contributed by atoms with Crippen LogP contribution in [0.1, 0.15) is 24.1 Å². The molecule has 1 aromatic carbocycles. The van der Waals surface area contributed by atoms with Crippen molar-refractivity contribution in [1.82, 2.24) is 9.80 Å². The average Bonchev–Trinajstić information content (AvgIpc) is 3.42. The number of nitrogens with one attached hydrogen (secondary N) is 1. The highest BCUT2D eigenvalue weighted by atomic mass is 32.2. The number of hydrogen-bond acceptors (Lipinski definition) is 6. The molecule has 32 heavy (non-hydrogen) atoms. The van der Waals surface area contributed by atoms with Crippen LogP contribution in [-0.2, 0) is 26.0 Å². The molecule has 172 valence electrons. The summed E-state index contributed by atoms with van der Waals surface area (Å²) in [6.07, 6.45) is 1.91. The summed E-state index contributed by atoms with van der Waals surface area (Å²) in [6.45, 7) is 2.06. The number of anilines is 1. The summed E-state index contributed by atoms with van der Waals surface area (Å²) in [5, 5.41) is 4.93. The van der Waals surface area contributed by atoms with E-state index in [1.165, 1.54) is 0 Å². The van der Waals surface area contributed by atoms with Gasteiger partial charge in [-0.2, -0.15) is 0 Å². The van der Waals surface area contributed by atoms with E-state index < -0.39 is 9.84 Å². The highest BCUT2D eigenvalue weighted by Crippen LogP contribution is 2.24. The standard InChI is InChI=1S/C23H29N3O4S2/c27-22(26(15-21-7-4-13-31-21)20-10-14-32(29,30)17-20)16-25-11-8-18(9-12-25)23(28)24-19-5-2-1-3-6-19/h1-7,13,18,20H,8-12,14-17H2,(H,24,28)/t20-/m0/s1. The monoisotopic (exact) mass is 475 g/mol. The van der Waals surface area contributed by atoms with Crippen LogP contribution in [0.2, 0.25) is 0 Å². The molecule has 7 nitrogen and oxygen atoms in total. The smallest absolute Gasteiger partial charge is 0.237 e. The maximum absolute atomic E-state index is 13.2. The van der Waals surface area contributed by atoms with E-state index >= 15 is 0 Å². The zero-order valence-corrected chi connectivity index (χ0v) is 19.6. The minimum atomic E-state index is -3.08. The first kappa shape index (κ1) is 22.9. The first-order chi connectivity index (χ1) is 15.4. The third-order valence-electron chi connectivity index (χ3n) is 6.23. The number of carbonyl (C=O) groups excluding carboxylic acids is 2. The summed E-state index contributed by atoms with van der Waals surface area (Å²) in [6, 6.07) is 13.1. The maximum atomic E-state index is 13.2. The molecule has 2 aliphatic heterocycles. The number of hydrogen-bond donors (Lipinski definition) is 1. The van der Waals surface area contributed by atoms with E-state index in [9.17, 15) is 18.0 Å². The number of carbonyl (C=O) groups is 2. The first-order valence-electron chi connectivity index (χ1n) is 11.0. The van der Waals surface area contributed by atoms with E-state index in [-0.39, 0.29) is 41.8 Å². The van der Waals surface area contributed by atoms with Gasteiger partial charge in [-0.15, -0.1) is 11.3 Å². The molecular weight excluding hydrogens is 446 g/mol. The molecule has 1 aromatic heterocycles. The van der Waals surface area contributed by atoms with Gasteiger partial charge in [0.2, 0.25) is 11.8 Å². The molecule has 0 bridgehead atoms. The van der Waals surface area contributed by atoms with E-state index in [1.54, 1.807) is 16.2 Å². The minimum absolute atomic E-state index is 0.0256. The van der Waals surface area contributed by atoms with Crippen molar-refractivity contribution in [3.63, 3.8) is 0 Å². The Morgan fingerprint density at radius 3 is 2.44 bits per heavy atom. The molecule has 1 N–H and O–H groups in total. The summed E-state index contributed by atoms with van der Waals surface area (Å²) in [4.78, 5) is 30.7. The second kappa shape index (κ2) is 10.1. The fourth-order valence-electron chi connectivity index (χ4n) is 4.41. The lowest BCUT2D eigenvalue weighted by Crippen LogP contribution is -2.48. The van der Waals surface area contributed by atoms with Crippen LogP contribution in [0.5, 0.6) is 0 Å². The number of rotatable bonds is 7. The highest BCUT2D eigenvalue weighted by molar-refractivity contribution is 7.91. The van der Waals surface area contributed by atoms with E-state index in [4.69, 9.17) is 0 Å². The maximum Gasteiger partial charge on any atom is 0.237 e. The second-order valence-electron chi connectivity index (χ2n) is 8.56. The van der Waals surface area contributed by atoms with Crippen molar-refractivity contribution in [2.45, 2.75) is 31.8 Å². The van der Waals surface area contributed by atoms with Crippen molar-refractivity contribution in [1.29, 1.82) is 0 Å². The Hall–Kier alpha value is -2.23. The molecule has 0 unspecified atom stereocenters. The van der Waals surface area contributed by atoms with E-state index in [2.05, 4.69) is 10.2 Å². The molecule has 2 aliphatic rings. The van der Waals surface area contributed by atoms with Gasteiger partial charge in [0.25, 0.3) is 0 Å². The first-order valence-corrected chi connectivity index (χ1v) is 13.7. The van der Waals surface area contributed by atoms with Crippen LogP contribution in [0.25, 0.3) is 0 Å². The quantitative estimate of drug-likeness (QED) is 0.665. The van der Waals surface area contributed by atoms with Crippen LogP contribution in [0.15, 0.2) is 47.8 Å². The van der Waals surface area contributed by atoms with Crippen LogP contribution in [0, 0.1) is 5.92 Å². The lowest BCUT2D eigenvalue weighted by atomic mass is 9.95. The number of para-hydroxylation sites is 1. The molecule has 2 amide bonds. The van der Waals surface area contributed by atoms with Crippen molar-refractivity contribution in [3.05, 3.63) is 52.7 Å². The van der Waals surface area contributed by atoms with Crippen LogP contribution < -0.4 is 5.32 Å². The Kier molecular flexibility index (Phi) is 7.27. The number of likely N-dealkylation sites (tertiary alicyclic amines) is 1. The molecule has 2 fully saturated rings. The lowest BCUT2D eigenvalue weighted by Gasteiger charge is -2.34. The fraction of sp³-hybridized carbons (Fsp3) is 0.478. The van der Waals surface area contributed by atoms with Crippen LogP contribution in [0.3, 0.4) is 0 Å². The topological polar surface area (TPSA) is 86.8 Å². The lowest BCUT2D eigenvalue weighted by molar-refractivity contribution is -0.135. The predicted octanol–water partition coefficient (Wildman–Crippen LogP) is 2.61. The van der Waals surface area contributed by atoms with Crippen molar-refractivity contribution >= 4 is 38.7 Å². The number of sulfone groups is 1. The van der Waals surface area contributed by atoms with Crippen molar-refractivity contribution < 1.29 is 18.0 Å². The molecule has 2 saturated heterocycles. The molecule has 1 atom stereocenters. The van der Waals surface area contributed by atoms with Gasteiger partial charge in [-0.05, 0) is 55.9 Å². The normalized spacial score (nSPS) is 21.3. The SMILES string of the molecule is O=C(Nc1ccccc1)C1CCN(CC(=O)N(Cc2cccs2)[C@H]2CCS(=O)(=O)C2)CC1. The van der Waals surface area contributed by atoms with Crippen molar-refractivity contribution in [3.8, 4) is 0 Å². The summed E-state index contributed by atoms with van der Waals surface area (Å²) >= 11 is 1.58. The predicted molar refractivity (Wildman–Crippen MR) is 126 cm³/mol. The van der Waals surface area contributed by atoms with Gasteiger partial charge in [0.05, 0.1) is 24.6 Å². The largest absolute Gasteiger partial charge is 0.332 e. The van der Waals surface area contributed by atoms with Gasteiger partial charge in [-0.3, -0.25) is 14.5 Å². The van der Waals surface area contributed by atoms with Gasteiger partial charge >= 0.3 is 0 Å². The van der Waals surface area contributed by atoms with Gasteiger partial charge < -0.3 is 10.2 Å². The minimum Gasteiger partial charge on any atom is -0.332 e. The van der Waals surface area contributed by atoms with E-state index in [1.807, 2.05) is 47.8 Å². The number of thiophene rings is 1. The van der Waals surface area contributed by atoms with Gasteiger partial charge in [0.1, 0.15) is 0 Å². The average molecular weight is 476 g/mol. The molecule has 0 spiro atoms. The second-order valence-corrected chi connectivity index (χ2v) is 11.8. The summed E-state index contributed by atoms with van der Waals surface area (Å²) in [7, 11) is -3.08. The molecule has 9 heteroatoms. The Balaban J connectivity index is 1.32. The summed E-state index contributed by atoms with van der Waals surface area (Å²) in [5.41, 5.74) is 0.797. The molecule has 0 saturated carbocycles. The molecule has 0 radical (unpaired) electrons. The Labute approximate surface area is 193 Å². The van der Waals surface area contributed by atoms with Crippen molar-refractivity contribution in [2.24, 2.45) is 5.92 Å². The molecule has 3 heterocycles. The Morgan fingerprint density at radius 2 is 1.81 bits per heavy atom. The zero-order valence-electron chi connectivity index (χ0n) is 18.0. The van der Waals surface area contributed by atoms with Crippen LogP contribution >= 0.6 is 11.3 Å². The van der Waals surface area contributed by atoms with Crippen molar-refractivity contribution in [2.75, 3.05) is 36.5 Å². The summed E-state index contributed by atoms with van der Waals surface area (Å²) in [5.74, 6) is 0.119. The van der Waals surface area contributed by atoms with Crippen LogP contribution in [0.4, 0.5) is 5.69 Å². The van der Waals surface area contributed by atoms with Gasteiger partial charge in [-0.25, -0.2) is 8.42 Å². The Bertz CT molecular complexity index is 1020. The molecular formula is C23H29N3O4S2. The molecule has 2 aromatic rings.